The lowest BCUT2D eigenvalue weighted by molar-refractivity contribution is 0.167. The van der Waals surface area contributed by atoms with E-state index in [2.05, 4.69) is 10.1 Å². The van der Waals surface area contributed by atoms with Gasteiger partial charge in [0.2, 0.25) is 10.0 Å². The average Bonchev–Trinajstić information content (AvgIpc) is 2.85. The highest BCUT2D eigenvalue weighted by atomic mass is 32.2. The number of rotatable bonds is 4. The summed E-state index contributed by atoms with van der Waals surface area (Å²) < 4.78 is 28.4. The van der Waals surface area contributed by atoms with E-state index in [1.807, 2.05) is 11.9 Å². The van der Waals surface area contributed by atoms with Crippen LogP contribution in [0.25, 0.3) is 0 Å². The quantitative estimate of drug-likeness (QED) is 0.651. The summed E-state index contributed by atoms with van der Waals surface area (Å²) in [5.74, 6) is 0. The Kier molecular flexibility index (Phi) is 4.62. The smallest absolute Gasteiger partial charge is 0.325 e. The third-order valence-corrected chi connectivity index (χ3v) is 5.98. The predicted octanol–water partition coefficient (Wildman–Crippen LogP) is -0.702. The molecule has 1 aliphatic rings. The predicted molar refractivity (Wildman–Crippen MR) is 87.4 cm³/mol. The molecule has 25 heavy (non-hydrogen) atoms. The lowest BCUT2D eigenvalue weighted by atomic mass is 10.2. The summed E-state index contributed by atoms with van der Waals surface area (Å²) in [7, 11) is -4.08. The van der Waals surface area contributed by atoms with Crippen LogP contribution in [0.4, 0.5) is 0 Å². The van der Waals surface area contributed by atoms with E-state index < -0.39 is 32.3 Å². The van der Waals surface area contributed by atoms with Gasteiger partial charge in [0.1, 0.15) is 0 Å². The third kappa shape index (κ3) is 3.30. The molecule has 136 valence electrons. The number of hydrogen-bond donors (Lipinski definition) is 3. The monoisotopic (exact) mass is 369 g/mol. The number of fused-ring (bicyclic) bond motifs is 1. The molecule has 1 aliphatic heterocycles. The Morgan fingerprint density at radius 1 is 1.36 bits per heavy atom. The molecule has 10 nitrogen and oxygen atoms in total. The molecule has 0 unspecified atom stereocenters. The zero-order valence-electron chi connectivity index (χ0n) is 13.6. The van der Waals surface area contributed by atoms with Gasteiger partial charge in [0.15, 0.2) is 4.90 Å². The van der Waals surface area contributed by atoms with E-state index in [1.54, 1.807) is 10.7 Å². The minimum Gasteiger partial charge on any atom is -0.387 e. The molecule has 0 saturated carbocycles. The number of aryl methyl sites for hydroxylation is 1. The largest absolute Gasteiger partial charge is 0.387 e. The number of aliphatic hydroxyl groups is 1. The van der Waals surface area contributed by atoms with Crippen molar-refractivity contribution in [3.8, 4) is 0 Å². The molecule has 0 fully saturated rings. The van der Waals surface area contributed by atoms with E-state index in [0.717, 1.165) is 6.20 Å². The number of aliphatic hydroxyl groups excluding tert-OH is 1. The lowest BCUT2D eigenvalue weighted by Gasteiger charge is -2.18. The number of nitrogens with zero attached hydrogens (tertiary/aromatic N) is 3. The Morgan fingerprint density at radius 3 is 2.80 bits per heavy atom. The summed E-state index contributed by atoms with van der Waals surface area (Å²) in [6.07, 6.45) is 1.22. The van der Waals surface area contributed by atoms with E-state index in [9.17, 15) is 23.1 Å². The molecule has 2 aromatic rings. The van der Waals surface area contributed by atoms with Crippen molar-refractivity contribution in [2.45, 2.75) is 43.9 Å². The summed E-state index contributed by atoms with van der Waals surface area (Å²) in [5.41, 5.74) is -0.581. The molecule has 0 radical (unpaired) electrons. The maximum atomic E-state index is 12.8. The van der Waals surface area contributed by atoms with Crippen LogP contribution in [0.3, 0.4) is 0 Å². The zero-order valence-corrected chi connectivity index (χ0v) is 14.4. The van der Waals surface area contributed by atoms with Crippen LogP contribution in [0, 0.1) is 0 Å². The molecular weight excluding hydrogens is 350 g/mol. The maximum Gasteiger partial charge on any atom is 0.325 e. The molecule has 3 rings (SSSR count). The normalized spacial score (nSPS) is 17.0. The van der Waals surface area contributed by atoms with Crippen LogP contribution in [-0.4, -0.2) is 44.1 Å². The molecule has 2 aromatic heterocycles. The second-order valence-electron chi connectivity index (χ2n) is 5.84. The Labute approximate surface area is 143 Å². The van der Waals surface area contributed by atoms with Gasteiger partial charge in [-0.2, -0.15) is 9.40 Å². The molecule has 3 heterocycles. The molecule has 0 aromatic carbocycles. The highest BCUT2D eigenvalue weighted by Crippen LogP contribution is 2.22. The molecule has 3 N–H and O–H groups in total. The first kappa shape index (κ1) is 17.6. The van der Waals surface area contributed by atoms with Crippen LogP contribution in [0.15, 0.2) is 26.7 Å². The van der Waals surface area contributed by atoms with Gasteiger partial charge < -0.3 is 10.1 Å². The topological polar surface area (TPSA) is 141 Å². The number of aromatic amines is 2. The Bertz CT molecular complexity index is 990. The van der Waals surface area contributed by atoms with E-state index in [1.165, 1.54) is 4.31 Å². The maximum absolute atomic E-state index is 12.8. The first-order valence-electron chi connectivity index (χ1n) is 7.89. The van der Waals surface area contributed by atoms with Gasteiger partial charge >= 0.3 is 5.69 Å². The highest BCUT2D eigenvalue weighted by molar-refractivity contribution is 7.89. The van der Waals surface area contributed by atoms with E-state index in [4.69, 9.17) is 0 Å². The van der Waals surface area contributed by atoms with Crippen molar-refractivity contribution in [1.29, 1.82) is 0 Å². The van der Waals surface area contributed by atoms with Crippen LogP contribution in [0.5, 0.6) is 0 Å². The molecule has 0 aliphatic carbocycles. The fraction of sp³-hybridized carbons (Fsp3) is 0.500. The van der Waals surface area contributed by atoms with Crippen molar-refractivity contribution < 1.29 is 13.5 Å². The molecule has 0 spiro atoms. The number of sulfonamides is 1. The lowest BCUT2D eigenvalue weighted by Crippen LogP contribution is -2.36. The highest BCUT2D eigenvalue weighted by Gasteiger charge is 2.30. The van der Waals surface area contributed by atoms with Gasteiger partial charge in [0.05, 0.1) is 24.0 Å². The van der Waals surface area contributed by atoms with Crippen LogP contribution < -0.4 is 11.2 Å². The fourth-order valence-corrected chi connectivity index (χ4v) is 4.20. The van der Waals surface area contributed by atoms with Gasteiger partial charge in [0.25, 0.3) is 5.56 Å². The van der Waals surface area contributed by atoms with Crippen LogP contribution in [-0.2, 0) is 23.1 Å². The van der Waals surface area contributed by atoms with Crippen LogP contribution in [0.2, 0.25) is 0 Å². The zero-order chi connectivity index (χ0) is 18.2. The second-order valence-corrected chi connectivity index (χ2v) is 7.74. The van der Waals surface area contributed by atoms with Crippen LogP contribution in [0.1, 0.15) is 37.3 Å². The SMILES string of the molecule is CC[C@H](O)c1cc2n(n1)CCCN(S(=O)(=O)c1c[nH]c(=O)[nH]c1=O)C2. The number of aromatic nitrogens is 4. The first-order valence-corrected chi connectivity index (χ1v) is 9.33. The van der Waals surface area contributed by atoms with Crippen molar-refractivity contribution in [2.24, 2.45) is 0 Å². The average molecular weight is 369 g/mol. The Balaban J connectivity index is 1.96. The van der Waals surface area contributed by atoms with Crippen molar-refractivity contribution in [3.63, 3.8) is 0 Å². The summed E-state index contributed by atoms with van der Waals surface area (Å²) >= 11 is 0. The van der Waals surface area contributed by atoms with Crippen molar-refractivity contribution in [1.82, 2.24) is 24.1 Å². The van der Waals surface area contributed by atoms with Crippen molar-refractivity contribution in [2.75, 3.05) is 6.54 Å². The fourth-order valence-electron chi connectivity index (χ4n) is 2.76. The molecule has 0 saturated heterocycles. The van der Waals surface area contributed by atoms with Gasteiger partial charge in [-0.05, 0) is 18.9 Å². The van der Waals surface area contributed by atoms with Crippen molar-refractivity contribution >= 4 is 10.0 Å². The van der Waals surface area contributed by atoms with Gasteiger partial charge in [-0.3, -0.25) is 14.5 Å². The number of hydrogen-bond acceptors (Lipinski definition) is 6. The minimum absolute atomic E-state index is 0.0321. The number of nitrogens with one attached hydrogen (secondary N) is 2. The molecule has 0 amide bonds. The Hall–Kier alpha value is -2.24. The Morgan fingerprint density at radius 2 is 2.12 bits per heavy atom. The number of H-pyrrole nitrogens is 2. The first-order chi connectivity index (χ1) is 11.8. The second kappa shape index (κ2) is 6.58. The molecular formula is C14H19N5O5S. The van der Waals surface area contributed by atoms with Gasteiger partial charge in [-0.1, -0.05) is 6.92 Å². The van der Waals surface area contributed by atoms with E-state index >= 15 is 0 Å². The molecule has 1 atom stereocenters. The summed E-state index contributed by atoms with van der Waals surface area (Å²) in [4.78, 5) is 26.6. The summed E-state index contributed by atoms with van der Waals surface area (Å²) in [6, 6.07) is 1.68. The van der Waals surface area contributed by atoms with Gasteiger partial charge in [0, 0.05) is 19.3 Å². The summed E-state index contributed by atoms with van der Waals surface area (Å²) in [5, 5.41) is 14.3. The third-order valence-electron chi connectivity index (χ3n) is 4.13. The minimum atomic E-state index is -4.08. The van der Waals surface area contributed by atoms with Gasteiger partial charge in [-0.15, -0.1) is 0 Å². The molecule has 11 heteroatoms. The molecule has 0 bridgehead atoms. The summed E-state index contributed by atoms with van der Waals surface area (Å²) in [6.45, 7) is 2.59. The standard InChI is InChI=1S/C14H19N5O5S/c1-2-11(20)10-6-9-8-18(4-3-5-19(9)17-10)25(23,24)12-7-15-14(22)16-13(12)21/h6-7,11,20H,2-5,8H2,1H3,(H2,15,16,21,22)/t11-/m0/s1. The van der Waals surface area contributed by atoms with Gasteiger partial charge in [-0.25, -0.2) is 13.2 Å². The van der Waals surface area contributed by atoms with E-state index in [0.29, 0.717) is 30.8 Å². The van der Waals surface area contributed by atoms with Crippen LogP contribution >= 0.6 is 0 Å². The van der Waals surface area contributed by atoms with E-state index in [-0.39, 0.29) is 13.1 Å². The van der Waals surface area contributed by atoms with Crippen molar-refractivity contribution in [3.05, 3.63) is 44.5 Å².